The molecule has 1 heterocycles. The van der Waals surface area contributed by atoms with Crippen LogP contribution < -0.4 is 0 Å². The fourth-order valence-corrected chi connectivity index (χ4v) is 2.37. The summed E-state index contributed by atoms with van der Waals surface area (Å²) < 4.78 is 0. The van der Waals surface area contributed by atoms with E-state index >= 15 is 0 Å². The van der Waals surface area contributed by atoms with Gasteiger partial charge in [0, 0.05) is 11.7 Å². The number of aliphatic hydroxyl groups excluding tert-OH is 1. The number of carbonyl (C=O) groups excluding carboxylic acids is 1. The maximum Gasteiger partial charge on any atom is 0.146 e. The molecule has 2 nitrogen and oxygen atoms in total. The molecular weight excluding hydrogens is 160 g/mol. The molecule has 0 saturated carbocycles. The molecule has 1 aliphatic heterocycles. The Labute approximate surface area is 71.4 Å². The highest BCUT2D eigenvalue weighted by Crippen LogP contribution is 2.24. The van der Waals surface area contributed by atoms with E-state index in [9.17, 15) is 9.90 Å². The molecule has 0 aromatic carbocycles. The van der Waals surface area contributed by atoms with Gasteiger partial charge in [0.2, 0.25) is 0 Å². The van der Waals surface area contributed by atoms with Gasteiger partial charge in [0.05, 0.1) is 11.9 Å². The molecule has 1 rings (SSSR count). The van der Waals surface area contributed by atoms with E-state index in [1.165, 1.54) is 0 Å². The smallest absolute Gasteiger partial charge is 0.146 e. The third-order valence-corrected chi connectivity index (χ3v) is 3.17. The van der Waals surface area contributed by atoms with Crippen LogP contribution in [0.5, 0.6) is 0 Å². The van der Waals surface area contributed by atoms with Crippen molar-refractivity contribution in [2.45, 2.75) is 25.9 Å². The Kier molecular flexibility index (Phi) is 3.40. The van der Waals surface area contributed by atoms with E-state index in [4.69, 9.17) is 0 Å². The molecule has 0 amide bonds. The van der Waals surface area contributed by atoms with Gasteiger partial charge in [0.25, 0.3) is 0 Å². The first-order valence-electron chi connectivity index (χ1n) is 4.02. The van der Waals surface area contributed by atoms with E-state index in [2.05, 4.69) is 0 Å². The van der Waals surface area contributed by atoms with Gasteiger partial charge in [-0.2, -0.15) is 11.8 Å². The molecular formula is C8H14O2S. The maximum absolute atomic E-state index is 11.1. The predicted molar refractivity (Wildman–Crippen MR) is 46.7 cm³/mol. The molecule has 1 fully saturated rings. The van der Waals surface area contributed by atoms with E-state index in [0.29, 0.717) is 18.0 Å². The fraction of sp³-hybridized carbons (Fsp3) is 0.875. The lowest BCUT2D eigenvalue weighted by Gasteiger charge is -2.10. The largest absolute Gasteiger partial charge is 0.393 e. The first-order valence-corrected chi connectivity index (χ1v) is 5.18. The van der Waals surface area contributed by atoms with Crippen LogP contribution in [0.25, 0.3) is 0 Å². The summed E-state index contributed by atoms with van der Waals surface area (Å²) in [5, 5.41) is 9.27. The van der Waals surface area contributed by atoms with Gasteiger partial charge in [-0.3, -0.25) is 4.79 Å². The Bertz CT molecular complexity index is 147. The van der Waals surface area contributed by atoms with Crippen molar-refractivity contribution in [2.75, 3.05) is 11.5 Å². The highest BCUT2D eigenvalue weighted by Gasteiger charge is 2.26. The first-order chi connectivity index (χ1) is 5.24. The summed E-state index contributed by atoms with van der Waals surface area (Å²) in [7, 11) is 0. The van der Waals surface area contributed by atoms with Crippen LogP contribution in [0.3, 0.4) is 0 Å². The number of hydrogen-bond acceptors (Lipinski definition) is 3. The van der Waals surface area contributed by atoms with Crippen LogP contribution in [0.4, 0.5) is 0 Å². The predicted octanol–water partition coefficient (Wildman–Crippen LogP) is 1.08. The normalized spacial score (nSPS) is 27.5. The molecule has 11 heavy (non-hydrogen) atoms. The van der Waals surface area contributed by atoms with Crippen molar-refractivity contribution in [3.8, 4) is 0 Å². The second-order valence-corrected chi connectivity index (χ2v) is 4.01. The molecule has 0 aliphatic carbocycles. The van der Waals surface area contributed by atoms with Crippen LogP contribution >= 0.6 is 11.8 Å². The standard InChI is InChI=1S/C8H14O2S/c1-2-7(9)3-6-4-11-5-8(6)10/h6-7,9H,2-5H2,1H3. The zero-order chi connectivity index (χ0) is 8.27. The minimum atomic E-state index is -0.275. The van der Waals surface area contributed by atoms with Crippen LogP contribution in [0.2, 0.25) is 0 Å². The van der Waals surface area contributed by atoms with E-state index in [0.717, 1.165) is 12.2 Å². The molecule has 1 aliphatic rings. The van der Waals surface area contributed by atoms with Crippen LogP contribution in [0.1, 0.15) is 19.8 Å². The molecule has 0 radical (unpaired) electrons. The van der Waals surface area contributed by atoms with Crippen LogP contribution in [0, 0.1) is 5.92 Å². The number of Topliss-reactive ketones (excluding diaryl/α,β-unsaturated/α-hetero) is 1. The summed E-state index contributed by atoms with van der Waals surface area (Å²) in [6.45, 7) is 1.94. The monoisotopic (exact) mass is 174 g/mol. The molecule has 0 bridgehead atoms. The Hall–Kier alpha value is -0.0200. The number of aliphatic hydroxyl groups is 1. The van der Waals surface area contributed by atoms with Gasteiger partial charge in [-0.15, -0.1) is 0 Å². The van der Waals surface area contributed by atoms with Crippen molar-refractivity contribution >= 4 is 17.5 Å². The Morgan fingerprint density at radius 1 is 1.82 bits per heavy atom. The van der Waals surface area contributed by atoms with E-state index in [-0.39, 0.29) is 12.0 Å². The summed E-state index contributed by atoms with van der Waals surface area (Å²) in [4.78, 5) is 11.1. The molecule has 2 unspecified atom stereocenters. The molecule has 0 spiro atoms. The second-order valence-electron chi connectivity index (χ2n) is 2.98. The molecule has 2 atom stereocenters. The summed E-state index contributed by atoms with van der Waals surface area (Å²) in [5.41, 5.74) is 0. The van der Waals surface area contributed by atoms with Gasteiger partial charge in [0.15, 0.2) is 0 Å². The van der Waals surface area contributed by atoms with Crippen molar-refractivity contribution < 1.29 is 9.90 Å². The van der Waals surface area contributed by atoms with Crippen molar-refractivity contribution in [1.82, 2.24) is 0 Å². The van der Waals surface area contributed by atoms with Crippen molar-refractivity contribution in [3.05, 3.63) is 0 Å². The molecule has 0 aromatic heterocycles. The Balaban J connectivity index is 2.30. The average molecular weight is 174 g/mol. The number of hydrogen-bond donors (Lipinski definition) is 1. The summed E-state index contributed by atoms with van der Waals surface area (Å²) in [6.07, 6.45) is 1.15. The summed E-state index contributed by atoms with van der Waals surface area (Å²) in [5.74, 6) is 2.02. The van der Waals surface area contributed by atoms with Gasteiger partial charge in [-0.1, -0.05) is 6.92 Å². The number of rotatable bonds is 3. The molecule has 1 saturated heterocycles. The topological polar surface area (TPSA) is 37.3 Å². The van der Waals surface area contributed by atoms with Crippen LogP contribution in [0.15, 0.2) is 0 Å². The SMILES string of the molecule is CCC(O)CC1CSCC1=O. The molecule has 1 N–H and O–H groups in total. The van der Waals surface area contributed by atoms with Gasteiger partial charge in [0.1, 0.15) is 5.78 Å². The zero-order valence-corrected chi connectivity index (χ0v) is 7.56. The number of carbonyl (C=O) groups is 1. The summed E-state index contributed by atoms with van der Waals surface area (Å²) in [6, 6.07) is 0. The second kappa shape index (κ2) is 4.12. The molecule has 0 aromatic rings. The van der Waals surface area contributed by atoms with E-state index in [1.54, 1.807) is 11.8 Å². The van der Waals surface area contributed by atoms with Gasteiger partial charge >= 0.3 is 0 Å². The van der Waals surface area contributed by atoms with E-state index in [1.807, 2.05) is 6.92 Å². The Morgan fingerprint density at radius 3 is 3.00 bits per heavy atom. The number of ketones is 1. The average Bonchev–Trinajstić information content (AvgIpc) is 2.37. The molecule has 3 heteroatoms. The Morgan fingerprint density at radius 2 is 2.55 bits per heavy atom. The number of thioether (sulfide) groups is 1. The summed E-state index contributed by atoms with van der Waals surface area (Å²) >= 11 is 1.68. The van der Waals surface area contributed by atoms with Gasteiger partial charge in [-0.05, 0) is 12.8 Å². The van der Waals surface area contributed by atoms with Crippen molar-refractivity contribution in [2.24, 2.45) is 5.92 Å². The van der Waals surface area contributed by atoms with Crippen molar-refractivity contribution in [1.29, 1.82) is 0 Å². The highest BCUT2D eigenvalue weighted by molar-refractivity contribution is 8.00. The highest BCUT2D eigenvalue weighted by atomic mass is 32.2. The molecule has 64 valence electrons. The first kappa shape index (κ1) is 9.07. The third kappa shape index (κ3) is 2.49. The minimum Gasteiger partial charge on any atom is -0.393 e. The lowest BCUT2D eigenvalue weighted by Crippen LogP contribution is -2.18. The lowest BCUT2D eigenvalue weighted by atomic mass is 9.99. The quantitative estimate of drug-likeness (QED) is 0.695. The van der Waals surface area contributed by atoms with Gasteiger partial charge < -0.3 is 5.11 Å². The van der Waals surface area contributed by atoms with E-state index < -0.39 is 0 Å². The maximum atomic E-state index is 11.1. The van der Waals surface area contributed by atoms with Crippen LogP contribution in [-0.2, 0) is 4.79 Å². The third-order valence-electron chi connectivity index (χ3n) is 2.05. The lowest BCUT2D eigenvalue weighted by molar-refractivity contribution is -0.120. The van der Waals surface area contributed by atoms with Crippen LogP contribution in [-0.4, -0.2) is 28.5 Å². The van der Waals surface area contributed by atoms with Crippen molar-refractivity contribution in [3.63, 3.8) is 0 Å². The van der Waals surface area contributed by atoms with Gasteiger partial charge in [-0.25, -0.2) is 0 Å². The zero-order valence-electron chi connectivity index (χ0n) is 6.75. The minimum absolute atomic E-state index is 0.134. The fourth-order valence-electron chi connectivity index (χ4n) is 1.21.